The van der Waals surface area contributed by atoms with E-state index in [1.54, 1.807) is 11.7 Å². The number of hydrogen-bond acceptors (Lipinski definition) is 3. The maximum Gasteiger partial charge on any atom is 0.325 e. The van der Waals surface area contributed by atoms with Crippen LogP contribution in [-0.2, 0) is 0 Å². The number of benzene rings is 1. The number of nitrogens with zero attached hydrogens (tertiary/aromatic N) is 2. The van der Waals surface area contributed by atoms with Crippen LogP contribution in [0, 0.1) is 5.92 Å². The minimum Gasteiger partial charge on any atom is -0.497 e. The van der Waals surface area contributed by atoms with Gasteiger partial charge in [-0.05, 0) is 54.6 Å². The van der Waals surface area contributed by atoms with Crippen molar-refractivity contribution in [2.45, 2.75) is 18.9 Å². The van der Waals surface area contributed by atoms with Crippen molar-refractivity contribution in [2.75, 3.05) is 26.7 Å². The molecule has 5 heteroatoms. The highest BCUT2D eigenvalue weighted by Gasteiger charge is 2.32. The second-order valence-corrected chi connectivity index (χ2v) is 6.83. The van der Waals surface area contributed by atoms with Crippen LogP contribution in [0.4, 0.5) is 4.79 Å². The molecule has 3 atom stereocenters. The van der Waals surface area contributed by atoms with E-state index in [0.717, 1.165) is 35.8 Å². The minimum absolute atomic E-state index is 0.0396. The molecular weight excluding hydrogens is 302 g/mol. The molecule has 5 nitrogen and oxygen atoms in total. The fraction of sp³-hybridized carbons (Fsp3) is 0.421. The van der Waals surface area contributed by atoms with Gasteiger partial charge in [-0.15, -0.1) is 0 Å². The average Bonchev–Trinajstić information content (AvgIpc) is 3.22. The highest BCUT2D eigenvalue weighted by Crippen LogP contribution is 2.27. The summed E-state index contributed by atoms with van der Waals surface area (Å²) < 4.78 is 6.83. The summed E-state index contributed by atoms with van der Waals surface area (Å²) in [6.07, 6.45) is 6.09. The van der Waals surface area contributed by atoms with Crippen LogP contribution >= 0.6 is 0 Å². The van der Waals surface area contributed by atoms with Crippen molar-refractivity contribution in [1.29, 1.82) is 0 Å². The smallest absolute Gasteiger partial charge is 0.325 e. The number of amides is 1. The number of nitrogens with one attached hydrogen (secondary N) is 1. The van der Waals surface area contributed by atoms with E-state index in [-0.39, 0.29) is 12.1 Å². The van der Waals surface area contributed by atoms with Gasteiger partial charge in [-0.1, -0.05) is 12.1 Å². The van der Waals surface area contributed by atoms with E-state index in [0.29, 0.717) is 0 Å². The molecule has 3 unspecified atom stereocenters. The molecule has 2 aliphatic rings. The minimum atomic E-state index is -0.0396. The molecule has 2 aromatic rings. The molecule has 2 saturated heterocycles. The van der Waals surface area contributed by atoms with Crippen LogP contribution in [0.25, 0.3) is 11.1 Å². The zero-order valence-electron chi connectivity index (χ0n) is 13.9. The second kappa shape index (κ2) is 6.32. The number of rotatable bonds is 3. The summed E-state index contributed by atoms with van der Waals surface area (Å²) in [5.41, 5.74) is 2.10. The Morgan fingerprint density at radius 2 is 2.00 bits per heavy atom. The molecule has 1 amide bonds. The van der Waals surface area contributed by atoms with E-state index in [4.69, 9.17) is 4.74 Å². The molecule has 0 radical (unpaired) electrons. The summed E-state index contributed by atoms with van der Waals surface area (Å²) in [7, 11) is 1.66. The Balaban J connectivity index is 1.42. The molecule has 2 bridgehead atoms. The van der Waals surface area contributed by atoms with Gasteiger partial charge in [0.05, 0.1) is 7.11 Å². The van der Waals surface area contributed by atoms with E-state index >= 15 is 0 Å². The molecule has 0 spiro atoms. The summed E-state index contributed by atoms with van der Waals surface area (Å²) in [5.74, 6) is 1.58. The van der Waals surface area contributed by atoms with Crippen molar-refractivity contribution >= 4 is 6.03 Å². The topological polar surface area (TPSA) is 46.5 Å². The Labute approximate surface area is 142 Å². The first-order valence-electron chi connectivity index (χ1n) is 8.57. The van der Waals surface area contributed by atoms with Gasteiger partial charge >= 0.3 is 6.03 Å². The van der Waals surface area contributed by atoms with Gasteiger partial charge in [-0.2, -0.15) is 0 Å². The van der Waals surface area contributed by atoms with Gasteiger partial charge in [0.1, 0.15) is 5.75 Å². The first kappa shape index (κ1) is 15.3. The van der Waals surface area contributed by atoms with Crippen molar-refractivity contribution in [3.05, 3.63) is 42.7 Å². The molecule has 3 heterocycles. The lowest BCUT2D eigenvalue weighted by Crippen LogP contribution is -2.47. The lowest BCUT2D eigenvalue weighted by Gasteiger charge is -2.30. The second-order valence-electron chi connectivity index (χ2n) is 6.83. The predicted octanol–water partition coefficient (Wildman–Crippen LogP) is 2.82. The van der Waals surface area contributed by atoms with Crippen LogP contribution in [0.2, 0.25) is 0 Å². The normalized spacial score (nSPS) is 25.5. The van der Waals surface area contributed by atoms with E-state index in [1.165, 1.54) is 19.5 Å². The molecule has 1 aromatic carbocycles. The van der Waals surface area contributed by atoms with Crippen molar-refractivity contribution < 1.29 is 9.53 Å². The van der Waals surface area contributed by atoms with Gasteiger partial charge in [-0.3, -0.25) is 4.57 Å². The van der Waals surface area contributed by atoms with Crippen molar-refractivity contribution in [3.63, 3.8) is 0 Å². The van der Waals surface area contributed by atoms with Crippen molar-refractivity contribution in [2.24, 2.45) is 5.92 Å². The molecule has 24 heavy (non-hydrogen) atoms. The lowest BCUT2D eigenvalue weighted by molar-refractivity contribution is 0.206. The Kier molecular flexibility index (Phi) is 4.02. The number of hydrogen-bond donors (Lipinski definition) is 1. The third kappa shape index (κ3) is 3.04. The molecule has 0 saturated carbocycles. The van der Waals surface area contributed by atoms with Gasteiger partial charge in [0.15, 0.2) is 0 Å². The molecular formula is C19H23N3O2. The molecule has 1 aromatic heterocycles. The Bertz CT molecular complexity index is 710. The summed E-state index contributed by atoms with van der Waals surface area (Å²) in [4.78, 5) is 15.0. The maximum absolute atomic E-state index is 12.5. The van der Waals surface area contributed by atoms with Gasteiger partial charge in [0.2, 0.25) is 0 Å². The van der Waals surface area contributed by atoms with E-state index in [2.05, 4.69) is 10.2 Å². The van der Waals surface area contributed by atoms with Crippen molar-refractivity contribution in [3.8, 4) is 16.9 Å². The number of piperidine rings is 1. The predicted molar refractivity (Wildman–Crippen MR) is 93.3 cm³/mol. The van der Waals surface area contributed by atoms with E-state index in [1.807, 2.05) is 42.7 Å². The highest BCUT2D eigenvalue weighted by atomic mass is 16.5. The molecule has 126 valence electrons. The molecule has 0 aliphatic carbocycles. The number of ether oxygens (including phenoxy) is 1. The fourth-order valence-corrected chi connectivity index (χ4v) is 3.89. The molecule has 2 fully saturated rings. The first-order valence-corrected chi connectivity index (χ1v) is 8.57. The zero-order chi connectivity index (χ0) is 16.5. The van der Waals surface area contributed by atoms with E-state index < -0.39 is 0 Å². The van der Waals surface area contributed by atoms with Gasteiger partial charge in [0.25, 0.3) is 0 Å². The number of fused-ring (bicyclic) bond motifs is 2. The third-order valence-electron chi connectivity index (χ3n) is 5.14. The van der Waals surface area contributed by atoms with Crippen molar-refractivity contribution in [1.82, 2.24) is 14.8 Å². The number of methoxy groups -OCH3 is 1. The first-order chi connectivity index (χ1) is 11.7. The molecule has 2 aliphatic heterocycles. The maximum atomic E-state index is 12.5. The summed E-state index contributed by atoms with van der Waals surface area (Å²) in [6.45, 7) is 3.37. The van der Waals surface area contributed by atoms with Crippen LogP contribution in [-0.4, -0.2) is 48.3 Å². The van der Waals surface area contributed by atoms with Gasteiger partial charge in [-0.25, -0.2) is 4.79 Å². The SMILES string of the molecule is COc1ccc(-c2ccn(C(=O)NC3CC4CCN(C4)C3)c2)cc1. The Morgan fingerprint density at radius 1 is 1.17 bits per heavy atom. The Morgan fingerprint density at radius 3 is 2.75 bits per heavy atom. The van der Waals surface area contributed by atoms with Crippen LogP contribution in [0.5, 0.6) is 5.75 Å². The fourth-order valence-electron chi connectivity index (χ4n) is 3.89. The van der Waals surface area contributed by atoms with E-state index in [9.17, 15) is 4.79 Å². The number of carbonyl (C=O) groups excluding carboxylic acids is 1. The quantitative estimate of drug-likeness (QED) is 0.944. The monoisotopic (exact) mass is 325 g/mol. The molecule has 4 rings (SSSR count). The van der Waals surface area contributed by atoms with Gasteiger partial charge in [0, 0.05) is 31.5 Å². The van der Waals surface area contributed by atoms with Gasteiger partial charge < -0.3 is 15.0 Å². The average molecular weight is 325 g/mol. The summed E-state index contributed by atoms with van der Waals surface area (Å²) >= 11 is 0. The largest absolute Gasteiger partial charge is 0.497 e. The lowest BCUT2D eigenvalue weighted by atomic mass is 9.97. The van der Waals surface area contributed by atoms with Crippen LogP contribution in [0.1, 0.15) is 12.8 Å². The van der Waals surface area contributed by atoms with Crippen LogP contribution in [0.3, 0.4) is 0 Å². The van der Waals surface area contributed by atoms with Crippen LogP contribution in [0.15, 0.2) is 42.7 Å². The number of carbonyl (C=O) groups is 1. The zero-order valence-corrected chi connectivity index (χ0v) is 13.9. The summed E-state index contributed by atoms with van der Waals surface area (Å²) in [5, 5.41) is 3.18. The summed E-state index contributed by atoms with van der Waals surface area (Å²) in [6, 6.07) is 10.1. The Hall–Kier alpha value is -2.27. The third-order valence-corrected chi connectivity index (χ3v) is 5.14. The highest BCUT2D eigenvalue weighted by molar-refractivity contribution is 5.79. The standard InChI is InChI=1S/C19H23N3O2/c1-24-18-4-2-15(3-5-18)16-7-9-22(12-16)19(23)20-17-10-14-6-8-21(11-14)13-17/h2-5,7,9,12,14,17H,6,8,10-11,13H2,1H3,(H,20,23). The number of aromatic nitrogens is 1. The van der Waals surface area contributed by atoms with Crippen LogP contribution < -0.4 is 10.1 Å². The molecule has 1 N–H and O–H groups in total.